The summed E-state index contributed by atoms with van der Waals surface area (Å²) in [5.41, 5.74) is 11.3. The van der Waals surface area contributed by atoms with Gasteiger partial charge in [-0.25, -0.2) is 0 Å². The molecule has 13 heavy (non-hydrogen) atoms. The Balaban J connectivity index is 2.12. The Kier molecular flexibility index (Phi) is 1.79. The molecule has 3 aliphatic carbocycles. The molecule has 3 rings (SSSR count). The maximum atomic E-state index is 5.42. The standard InChI is InChI=1S/C10H19N3/c1-10(2)6-3-4-8(7(10)5-6)13-9(11)12/h6-8H,3-5H2,1-2H3,(H4,11,12,13). The van der Waals surface area contributed by atoms with Crippen LogP contribution in [0.5, 0.6) is 0 Å². The zero-order chi connectivity index (χ0) is 9.64. The van der Waals surface area contributed by atoms with E-state index < -0.39 is 0 Å². The van der Waals surface area contributed by atoms with Crippen LogP contribution in [0.3, 0.4) is 0 Å². The summed E-state index contributed by atoms with van der Waals surface area (Å²) in [6.07, 6.45) is 3.80. The lowest BCUT2D eigenvalue weighted by Crippen LogP contribution is -2.54. The minimum atomic E-state index is 0.256. The van der Waals surface area contributed by atoms with E-state index in [-0.39, 0.29) is 5.96 Å². The van der Waals surface area contributed by atoms with Crippen LogP contribution in [0.25, 0.3) is 0 Å². The smallest absolute Gasteiger partial charge is 0.186 e. The first kappa shape index (κ1) is 8.85. The van der Waals surface area contributed by atoms with Crippen LogP contribution in [0.1, 0.15) is 33.1 Å². The molecular formula is C10H19N3. The van der Waals surface area contributed by atoms with E-state index in [1.807, 2.05) is 0 Å². The van der Waals surface area contributed by atoms with E-state index in [1.54, 1.807) is 0 Å². The van der Waals surface area contributed by atoms with E-state index in [9.17, 15) is 0 Å². The molecule has 0 aromatic carbocycles. The fraction of sp³-hybridized carbons (Fsp3) is 0.900. The molecule has 3 unspecified atom stereocenters. The molecule has 0 amide bonds. The topological polar surface area (TPSA) is 64.4 Å². The molecule has 0 aromatic heterocycles. The second kappa shape index (κ2) is 2.63. The van der Waals surface area contributed by atoms with Crippen molar-refractivity contribution in [3.05, 3.63) is 0 Å². The lowest BCUT2D eigenvalue weighted by Gasteiger charge is -2.59. The second-order valence-corrected chi connectivity index (χ2v) is 5.06. The van der Waals surface area contributed by atoms with Crippen LogP contribution in [-0.4, -0.2) is 12.0 Å². The van der Waals surface area contributed by atoms with Gasteiger partial charge in [-0.3, -0.25) is 4.99 Å². The SMILES string of the molecule is CC1(C)C2CCC(N=C(N)N)C1C2. The van der Waals surface area contributed by atoms with Gasteiger partial charge >= 0.3 is 0 Å². The van der Waals surface area contributed by atoms with Crippen LogP contribution in [-0.2, 0) is 0 Å². The minimum Gasteiger partial charge on any atom is -0.370 e. The predicted molar refractivity (Wildman–Crippen MR) is 54.2 cm³/mol. The Morgan fingerprint density at radius 3 is 2.46 bits per heavy atom. The number of aliphatic imine (C=N–C) groups is 1. The Bertz CT molecular complexity index is 239. The molecule has 0 saturated heterocycles. The van der Waals surface area contributed by atoms with Gasteiger partial charge in [0.25, 0.3) is 0 Å². The monoisotopic (exact) mass is 181 g/mol. The molecule has 0 aliphatic heterocycles. The number of rotatable bonds is 1. The summed E-state index contributed by atoms with van der Waals surface area (Å²) in [6, 6.07) is 0.394. The fourth-order valence-corrected chi connectivity index (χ4v) is 3.12. The largest absolute Gasteiger partial charge is 0.370 e. The van der Waals surface area contributed by atoms with Crippen LogP contribution in [0.15, 0.2) is 4.99 Å². The second-order valence-electron chi connectivity index (χ2n) is 5.06. The van der Waals surface area contributed by atoms with Crippen molar-refractivity contribution in [2.75, 3.05) is 0 Å². The Morgan fingerprint density at radius 2 is 2.00 bits per heavy atom. The lowest BCUT2D eigenvalue weighted by atomic mass is 9.47. The third-order valence-corrected chi connectivity index (χ3v) is 4.14. The summed E-state index contributed by atoms with van der Waals surface area (Å²) in [6.45, 7) is 4.69. The summed E-state index contributed by atoms with van der Waals surface area (Å²) in [7, 11) is 0. The molecule has 0 heterocycles. The van der Waals surface area contributed by atoms with Crippen LogP contribution < -0.4 is 11.5 Å². The van der Waals surface area contributed by atoms with E-state index in [4.69, 9.17) is 11.5 Å². The summed E-state index contributed by atoms with van der Waals surface area (Å²) in [5, 5.41) is 0. The highest BCUT2D eigenvalue weighted by Crippen LogP contribution is 2.59. The first-order valence-electron chi connectivity index (χ1n) is 5.10. The Hall–Kier alpha value is -0.730. The molecule has 0 spiro atoms. The third kappa shape index (κ3) is 1.21. The third-order valence-electron chi connectivity index (χ3n) is 4.14. The van der Waals surface area contributed by atoms with Crippen LogP contribution >= 0.6 is 0 Å². The van der Waals surface area contributed by atoms with Crippen molar-refractivity contribution < 1.29 is 0 Å². The molecule has 3 heteroatoms. The number of fused-ring (bicyclic) bond motifs is 2. The first-order valence-corrected chi connectivity index (χ1v) is 5.10. The van der Waals surface area contributed by atoms with Crippen molar-refractivity contribution in [3.8, 4) is 0 Å². The summed E-state index contributed by atoms with van der Waals surface area (Å²) < 4.78 is 0. The first-order chi connectivity index (χ1) is 6.01. The lowest BCUT2D eigenvalue weighted by molar-refractivity contribution is -0.0771. The molecule has 4 N–H and O–H groups in total. The predicted octanol–water partition coefficient (Wildman–Crippen LogP) is 1.08. The minimum absolute atomic E-state index is 0.256. The van der Waals surface area contributed by atoms with Crippen molar-refractivity contribution in [2.24, 2.45) is 33.7 Å². The van der Waals surface area contributed by atoms with Gasteiger partial charge in [-0.2, -0.15) is 0 Å². The zero-order valence-corrected chi connectivity index (χ0v) is 8.46. The molecule has 2 bridgehead atoms. The Labute approximate surface area is 79.6 Å². The number of nitrogens with zero attached hydrogens (tertiary/aromatic N) is 1. The number of nitrogens with two attached hydrogens (primary N) is 2. The molecule has 0 radical (unpaired) electrons. The van der Waals surface area contributed by atoms with Crippen molar-refractivity contribution in [2.45, 2.75) is 39.2 Å². The fourth-order valence-electron chi connectivity index (χ4n) is 3.12. The van der Waals surface area contributed by atoms with Crippen LogP contribution in [0.4, 0.5) is 0 Å². The van der Waals surface area contributed by atoms with Crippen molar-refractivity contribution >= 4 is 5.96 Å². The van der Waals surface area contributed by atoms with Gasteiger partial charge in [0.15, 0.2) is 5.96 Å². The molecule has 3 nitrogen and oxygen atoms in total. The van der Waals surface area contributed by atoms with Crippen molar-refractivity contribution in [1.82, 2.24) is 0 Å². The molecule has 3 atom stereocenters. The normalized spacial score (nSPS) is 40.6. The average Bonchev–Trinajstić information content (AvgIpc) is 2.03. The maximum absolute atomic E-state index is 5.42. The van der Waals surface area contributed by atoms with Crippen molar-refractivity contribution in [3.63, 3.8) is 0 Å². The van der Waals surface area contributed by atoms with Gasteiger partial charge in [0.2, 0.25) is 0 Å². The number of hydrogen-bond acceptors (Lipinski definition) is 1. The highest BCUT2D eigenvalue weighted by Gasteiger charge is 2.54. The zero-order valence-electron chi connectivity index (χ0n) is 8.46. The summed E-state index contributed by atoms with van der Waals surface area (Å²) in [5.74, 6) is 1.89. The van der Waals surface area contributed by atoms with E-state index in [1.165, 1.54) is 19.3 Å². The molecule has 3 aliphatic rings. The van der Waals surface area contributed by atoms with Gasteiger partial charge in [-0.05, 0) is 36.5 Å². The van der Waals surface area contributed by atoms with Gasteiger partial charge in [0.1, 0.15) is 0 Å². The quantitative estimate of drug-likeness (QED) is 0.469. The van der Waals surface area contributed by atoms with Gasteiger partial charge in [0, 0.05) is 0 Å². The average molecular weight is 181 g/mol. The van der Waals surface area contributed by atoms with E-state index in [0.29, 0.717) is 17.4 Å². The van der Waals surface area contributed by atoms with Crippen molar-refractivity contribution in [1.29, 1.82) is 0 Å². The molecule has 0 aromatic rings. The highest BCUT2D eigenvalue weighted by molar-refractivity contribution is 5.75. The molecule has 74 valence electrons. The summed E-state index contributed by atoms with van der Waals surface area (Å²) in [4.78, 5) is 4.32. The Morgan fingerprint density at radius 1 is 1.31 bits per heavy atom. The number of hydrogen-bond donors (Lipinski definition) is 2. The van der Waals surface area contributed by atoms with Crippen LogP contribution in [0.2, 0.25) is 0 Å². The maximum Gasteiger partial charge on any atom is 0.186 e. The molecular weight excluding hydrogens is 162 g/mol. The highest BCUT2D eigenvalue weighted by atomic mass is 15.0. The molecule has 3 fully saturated rings. The van der Waals surface area contributed by atoms with Gasteiger partial charge in [-0.15, -0.1) is 0 Å². The van der Waals surface area contributed by atoms with E-state index in [2.05, 4.69) is 18.8 Å². The molecule has 3 saturated carbocycles. The number of guanidine groups is 1. The van der Waals surface area contributed by atoms with Gasteiger partial charge < -0.3 is 11.5 Å². The van der Waals surface area contributed by atoms with Gasteiger partial charge in [-0.1, -0.05) is 13.8 Å². The van der Waals surface area contributed by atoms with E-state index >= 15 is 0 Å². The van der Waals surface area contributed by atoms with Gasteiger partial charge in [0.05, 0.1) is 6.04 Å². The summed E-state index contributed by atoms with van der Waals surface area (Å²) >= 11 is 0. The van der Waals surface area contributed by atoms with E-state index in [0.717, 1.165) is 5.92 Å². The van der Waals surface area contributed by atoms with Crippen LogP contribution in [0, 0.1) is 17.3 Å².